The fourth-order valence-electron chi connectivity index (χ4n) is 4.31. The topological polar surface area (TPSA) is 99.9 Å². The van der Waals surface area contributed by atoms with Gasteiger partial charge in [0.2, 0.25) is 11.8 Å². The van der Waals surface area contributed by atoms with Crippen molar-refractivity contribution in [1.29, 1.82) is 0 Å². The number of nitrogens with one attached hydrogen (secondary N) is 2. The second kappa shape index (κ2) is 7.38. The van der Waals surface area contributed by atoms with Gasteiger partial charge in [0.25, 0.3) is 0 Å². The number of halogens is 2. The number of hydrogen-bond donors (Lipinski definition) is 3. The minimum absolute atomic E-state index is 0.0162. The van der Waals surface area contributed by atoms with Crippen molar-refractivity contribution in [3.63, 3.8) is 0 Å². The first kappa shape index (κ1) is 21.2. The van der Waals surface area contributed by atoms with E-state index in [0.717, 1.165) is 0 Å². The Morgan fingerprint density at radius 2 is 1.68 bits per heavy atom. The third-order valence-electron chi connectivity index (χ3n) is 5.83. The highest BCUT2D eigenvalue weighted by Gasteiger charge is 2.63. The number of alkyl halides is 2. The molecule has 10 heteroatoms. The first-order valence-corrected chi connectivity index (χ1v) is 9.78. The maximum atomic E-state index is 13.4. The van der Waals surface area contributed by atoms with E-state index in [4.69, 9.17) is 10.5 Å². The van der Waals surface area contributed by atoms with Gasteiger partial charge in [-0.05, 0) is 20.8 Å². The molecule has 2 unspecified atom stereocenters. The summed E-state index contributed by atoms with van der Waals surface area (Å²) < 4.78 is 32.2. The molecule has 1 saturated carbocycles. The molecule has 0 aromatic heterocycles. The largest absolute Gasteiger partial charge is 0.444 e. The Morgan fingerprint density at radius 3 is 2.11 bits per heavy atom. The second-order valence-corrected chi connectivity index (χ2v) is 9.12. The molecule has 0 aromatic rings. The summed E-state index contributed by atoms with van der Waals surface area (Å²) in [7, 11) is 0. The molecule has 8 nitrogen and oxygen atoms in total. The molecular formula is C18H31F2N5O3. The zero-order valence-electron chi connectivity index (χ0n) is 16.8. The summed E-state index contributed by atoms with van der Waals surface area (Å²) in [4.78, 5) is 27.9. The van der Waals surface area contributed by atoms with E-state index in [0.29, 0.717) is 39.3 Å². The van der Waals surface area contributed by atoms with E-state index in [-0.39, 0.29) is 12.3 Å². The second-order valence-electron chi connectivity index (χ2n) is 9.12. The molecule has 3 fully saturated rings. The number of hydrogen-bond acceptors (Lipinski definition) is 6. The van der Waals surface area contributed by atoms with Crippen LogP contribution in [0.15, 0.2) is 0 Å². The summed E-state index contributed by atoms with van der Waals surface area (Å²) in [5, 5.41) is 6.60. The molecule has 2 aliphatic heterocycles. The van der Waals surface area contributed by atoms with Crippen molar-refractivity contribution in [2.75, 3.05) is 39.3 Å². The van der Waals surface area contributed by atoms with E-state index in [1.165, 1.54) is 0 Å². The number of carbonyl (C=O) groups excluding carboxylic acids is 2. The van der Waals surface area contributed by atoms with E-state index in [2.05, 4.69) is 15.5 Å². The van der Waals surface area contributed by atoms with Crippen molar-refractivity contribution in [2.24, 2.45) is 11.1 Å². The summed E-state index contributed by atoms with van der Waals surface area (Å²) >= 11 is 0. The van der Waals surface area contributed by atoms with E-state index >= 15 is 0 Å². The lowest BCUT2D eigenvalue weighted by Crippen LogP contribution is -2.72. The van der Waals surface area contributed by atoms with Crippen molar-refractivity contribution < 1.29 is 23.1 Å². The standard InChI is InChI=1S/C18H31F2N5O3/c1-16(2,3)28-15(27)25-6-4-24(5-7-25)13-9-22-12(8-23-13)17(14(21)26)10-18(19,20)11-17/h12-13,22-23H,4-11H2,1-3H3,(H2,21,26). The first-order chi connectivity index (χ1) is 12.9. The molecule has 4 N–H and O–H groups in total. The van der Waals surface area contributed by atoms with Gasteiger partial charge in [0.15, 0.2) is 0 Å². The van der Waals surface area contributed by atoms with Gasteiger partial charge in [-0.15, -0.1) is 0 Å². The first-order valence-electron chi connectivity index (χ1n) is 9.78. The molecule has 2 heterocycles. The minimum atomic E-state index is -2.81. The lowest BCUT2D eigenvalue weighted by atomic mass is 9.60. The highest BCUT2D eigenvalue weighted by Crippen LogP contribution is 2.54. The highest BCUT2D eigenvalue weighted by atomic mass is 19.3. The molecule has 3 rings (SSSR count). The van der Waals surface area contributed by atoms with Crippen LogP contribution in [-0.4, -0.2) is 84.8 Å². The number of piperazine rings is 2. The monoisotopic (exact) mass is 403 g/mol. The molecule has 2 atom stereocenters. The predicted molar refractivity (Wildman–Crippen MR) is 98.8 cm³/mol. The number of primary amides is 1. The number of rotatable bonds is 3. The Kier molecular flexibility index (Phi) is 5.59. The summed E-state index contributed by atoms with van der Waals surface area (Å²) in [6, 6.07) is -0.399. The van der Waals surface area contributed by atoms with Crippen LogP contribution in [-0.2, 0) is 9.53 Å². The van der Waals surface area contributed by atoms with Gasteiger partial charge in [-0.2, -0.15) is 0 Å². The van der Waals surface area contributed by atoms with Crippen molar-refractivity contribution >= 4 is 12.0 Å². The van der Waals surface area contributed by atoms with Gasteiger partial charge in [0.1, 0.15) is 5.60 Å². The Hall–Kier alpha value is -1.52. The van der Waals surface area contributed by atoms with Crippen LogP contribution in [0.25, 0.3) is 0 Å². The average molecular weight is 403 g/mol. The van der Waals surface area contributed by atoms with Crippen LogP contribution in [0.1, 0.15) is 33.6 Å². The zero-order chi connectivity index (χ0) is 20.7. The highest BCUT2D eigenvalue weighted by molar-refractivity contribution is 5.83. The lowest BCUT2D eigenvalue weighted by Gasteiger charge is -2.52. The molecule has 0 radical (unpaired) electrons. The summed E-state index contributed by atoms with van der Waals surface area (Å²) in [5.74, 6) is -3.48. The number of ether oxygens (including phenoxy) is 1. The fraction of sp³-hybridized carbons (Fsp3) is 0.889. The van der Waals surface area contributed by atoms with E-state index < -0.39 is 41.7 Å². The number of amides is 2. The van der Waals surface area contributed by atoms with Gasteiger partial charge >= 0.3 is 6.09 Å². The molecule has 0 aromatic carbocycles. The molecule has 2 saturated heterocycles. The molecule has 0 bridgehead atoms. The van der Waals surface area contributed by atoms with Gasteiger partial charge in [-0.25, -0.2) is 13.6 Å². The predicted octanol–water partition coefficient (Wildman–Crippen LogP) is 0.327. The van der Waals surface area contributed by atoms with Crippen LogP contribution in [0.2, 0.25) is 0 Å². The zero-order valence-corrected chi connectivity index (χ0v) is 16.8. The number of nitrogens with zero attached hydrogens (tertiary/aromatic N) is 2. The fourth-order valence-corrected chi connectivity index (χ4v) is 4.31. The lowest BCUT2D eigenvalue weighted by molar-refractivity contribution is -0.186. The molecule has 1 aliphatic carbocycles. The van der Waals surface area contributed by atoms with Crippen molar-refractivity contribution in [3.8, 4) is 0 Å². The van der Waals surface area contributed by atoms with Crippen LogP contribution in [0.3, 0.4) is 0 Å². The Bertz CT molecular complexity index is 601. The third-order valence-corrected chi connectivity index (χ3v) is 5.83. The van der Waals surface area contributed by atoms with Crippen molar-refractivity contribution in [2.45, 2.75) is 57.3 Å². The average Bonchev–Trinajstić information content (AvgIpc) is 2.58. The Morgan fingerprint density at radius 1 is 1.07 bits per heavy atom. The number of nitrogens with two attached hydrogens (primary N) is 1. The number of carbonyl (C=O) groups is 2. The summed E-state index contributed by atoms with van der Waals surface area (Å²) in [5.41, 5.74) is 3.74. The van der Waals surface area contributed by atoms with Gasteiger partial charge < -0.3 is 20.7 Å². The van der Waals surface area contributed by atoms with E-state index in [9.17, 15) is 18.4 Å². The molecule has 28 heavy (non-hydrogen) atoms. The molecule has 3 aliphatic rings. The van der Waals surface area contributed by atoms with E-state index in [1.807, 2.05) is 20.8 Å². The van der Waals surface area contributed by atoms with Gasteiger partial charge in [-0.1, -0.05) is 0 Å². The van der Waals surface area contributed by atoms with E-state index in [1.54, 1.807) is 4.90 Å². The third kappa shape index (κ3) is 4.38. The van der Waals surface area contributed by atoms with Gasteiger partial charge in [-0.3, -0.25) is 15.0 Å². The van der Waals surface area contributed by atoms with Crippen LogP contribution < -0.4 is 16.4 Å². The maximum Gasteiger partial charge on any atom is 0.410 e. The summed E-state index contributed by atoms with van der Waals surface area (Å²) in [6.45, 7) is 8.93. The molecule has 160 valence electrons. The SMILES string of the molecule is CC(C)(C)OC(=O)N1CCN(C2CNC(C3(C(N)=O)CC(F)(F)C3)CN2)CC1. The van der Waals surface area contributed by atoms with Gasteiger partial charge in [0, 0.05) is 58.2 Å². The minimum Gasteiger partial charge on any atom is -0.444 e. The van der Waals surface area contributed by atoms with Gasteiger partial charge in [0.05, 0.1) is 11.6 Å². The smallest absolute Gasteiger partial charge is 0.410 e. The molecular weight excluding hydrogens is 372 g/mol. The maximum absolute atomic E-state index is 13.4. The molecule has 0 spiro atoms. The summed E-state index contributed by atoms with van der Waals surface area (Å²) in [6.07, 6.45) is -1.28. The molecule has 2 amide bonds. The normalized spacial score (nSPS) is 30.4. The van der Waals surface area contributed by atoms with Crippen molar-refractivity contribution in [3.05, 3.63) is 0 Å². The van der Waals surface area contributed by atoms with Crippen molar-refractivity contribution in [1.82, 2.24) is 20.4 Å². The van der Waals surface area contributed by atoms with Crippen LogP contribution in [0, 0.1) is 5.41 Å². The van der Waals surface area contributed by atoms with Crippen LogP contribution >= 0.6 is 0 Å². The Balaban J connectivity index is 1.48. The van der Waals surface area contributed by atoms with Crippen LogP contribution in [0.5, 0.6) is 0 Å². The van der Waals surface area contributed by atoms with Crippen LogP contribution in [0.4, 0.5) is 13.6 Å². The quantitative estimate of drug-likeness (QED) is 0.628. The Labute approximate surface area is 164 Å².